The van der Waals surface area contributed by atoms with Crippen LogP contribution in [0, 0.1) is 6.92 Å². The zero-order chi connectivity index (χ0) is 17.6. The maximum atomic E-state index is 12.0. The number of benzene rings is 2. The third kappa shape index (κ3) is 4.74. The van der Waals surface area contributed by atoms with E-state index < -0.39 is 0 Å². The van der Waals surface area contributed by atoms with Crippen LogP contribution >= 0.6 is 11.3 Å². The van der Waals surface area contributed by atoms with Crippen LogP contribution < -0.4 is 10.6 Å². The lowest BCUT2D eigenvalue weighted by Crippen LogP contribution is -2.31. The van der Waals surface area contributed by atoms with Gasteiger partial charge in [-0.3, -0.25) is 9.59 Å². The van der Waals surface area contributed by atoms with Crippen LogP contribution in [0.1, 0.15) is 10.6 Å². The van der Waals surface area contributed by atoms with E-state index in [1.165, 1.54) is 6.08 Å². The molecule has 0 bridgehead atoms. The maximum Gasteiger partial charge on any atom is 0.244 e. The number of nitrogens with zero attached hydrogens (tertiary/aromatic N) is 1. The van der Waals surface area contributed by atoms with E-state index in [1.54, 1.807) is 23.5 Å². The molecule has 0 atom stereocenters. The summed E-state index contributed by atoms with van der Waals surface area (Å²) in [4.78, 5) is 28.1. The molecule has 126 valence electrons. The van der Waals surface area contributed by atoms with Gasteiger partial charge in [-0.1, -0.05) is 30.3 Å². The van der Waals surface area contributed by atoms with Gasteiger partial charge in [-0.2, -0.15) is 0 Å². The van der Waals surface area contributed by atoms with E-state index in [1.807, 2.05) is 49.4 Å². The van der Waals surface area contributed by atoms with Crippen molar-refractivity contribution in [2.45, 2.75) is 6.92 Å². The first-order valence-electron chi connectivity index (χ1n) is 7.78. The Balaban J connectivity index is 1.51. The predicted octanol–water partition coefficient (Wildman–Crippen LogP) is 3.37. The van der Waals surface area contributed by atoms with Crippen LogP contribution in [0.4, 0.5) is 5.69 Å². The first kappa shape index (κ1) is 16.9. The van der Waals surface area contributed by atoms with E-state index in [0.717, 1.165) is 20.8 Å². The normalized spacial score (nSPS) is 10.9. The van der Waals surface area contributed by atoms with E-state index in [2.05, 4.69) is 15.6 Å². The molecule has 0 fully saturated rings. The molecule has 0 aliphatic carbocycles. The van der Waals surface area contributed by atoms with E-state index in [9.17, 15) is 9.59 Å². The molecule has 25 heavy (non-hydrogen) atoms. The van der Waals surface area contributed by atoms with Gasteiger partial charge in [0.2, 0.25) is 11.8 Å². The van der Waals surface area contributed by atoms with Gasteiger partial charge in [0, 0.05) is 11.8 Å². The van der Waals surface area contributed by atoms with Crippen molar-refractivity contribution in [1.29, 1.82) is 0 Å². The van der Waals surface area contributed by atoms with Crippen molar-refractivity contribution in [3.8, 4) is 0 Å². The Labute approximate surface area is 149 Å². The van der Waals surface area contributed by atoms with Gasteiger partial charge in [0.25, 0.3) is 0 Å². The lowest BCUT2D eigenvalue weighted by molar-refractivity contribution is -0.121. The second-order valence-corrected chi connectivity index (χ2v) is 6.66. The highest BCUT2D eigenvalue weighted by Crippen LogP contribution is 2.24. The largest absolute Gasteiger partial charge is 0.343 e. The van der Waals surface area contributed by atoms with Gasteiger partial charge in [0.1, 0.15) is 0 Å². The summed E-state index contributed by atoms with van der Waals surface area (Å²) in [5.41, 5.74) is 2.53. The quantitative estimate of drug-likeness (QED) is 0.692. The summed E-state index contributed by atoms with van der Waals surface area (Å²) in [6.07, 6.45) is 3.11. The number of aromatic nitrogens is 1. The molecule has 0 radical (unpaired) electrons. The van der Waals surface area contributed by atoms with Crippen LogP contribution in [-0.4, -0.2) is 23.3 Å². The molecule has 0 spiro atoms. The molecule has 1 heterocycles. The van der Waals surface area contributed by atoms with Crippen molar-refractivity contribution in [2.24, 2.45) is 0 Å². The summed E-state index contributed by atoms with van der Waals surface area (Å²) in [5.74, 6) is -0.588. The summed E-state index contributed by atoms with van der Waals surface area (Å²) in [6, 6.07) is 15.0. The number of nitrogens with one attached hydrogen (secondary N) is 2. The number of carbonyl (C=O) groups excluding carboxylic acids is 2. The molecule has 0 aliphatic heterocycles. The SMILES string of the molecule is Cc1nc2ccc(NC(=O)CNC(=O)/C=C/c3ccccc3)cc2s1. The molecular weight excluding hydrogens is 334 g/mol. The van der Waals surface area contributed by atoms with Crippen LogP contribution in [0.25, 0.3) is 16.3 Å². The van der Waals surface area contributed by atoms with Crippen molar-refractivity contribution < 1.29 is 9.59 Å². The smallest absolute Gasteiger partial charge is 0.244 e. The number of rotatable bonds is 5. The molecule has 1 aromatic heterocycles. The fourth-order valence-electron chi connectivity index (χ4n) is 2.29. The minimum absolute atomic E-state index is 0.0856. The number of fused-ring (bicyclic) bond motifs is 1. The lowest BCUT2D eigenvalue weighted by Gasteiger charge is -2.05. The van der Waals surface area contributed by atoms with E-state index in [4.69, 9.17) is 0 Å². The third-order valence-corrected chi connectivity index (χ3v) is 4.36. The maximum absolute atomic E-state index is 12.0. The second-order valence-electron chi connectivity index (χ2n) is 5.43. The van der Waals surface area contributed by atoms with Gasteiger partial charge in [-0.15, -0.1) is 11.3 Å². The fraction of sp³-hybridized carbons (Fsp3) is 0.105. The van der Waals surface area contributed by atoms with Crippen molar-refractivity contribution in [2.75, 3.05) is 11.9 Å². The molecule has 6 heteroatoms. The molecule has 3 aromatic rings. The molecule has 0 unspecified atom stereocenters. The number of aryl methyl sites for hydroxylation is 1. The standard InChI is InChI=1S/C19H17N3O2S/c1-13-21-16-9-8-15(11-17(16)25-13)22-19(24)12-20-18(23)10-7-14-5-3-2-4-6-14/h2-11H,12H2,1H3,(H,20,23)(H,22,24)/b10-7+. The van der Waals surface area contributed by atoms with Crippen molar-refractivity contribution in [3.63, 3.8) is 0 Å². The zero-order valence-corrected chi connectivity index (χ0v) is 14.5. The van der Waals surface area contributed by atoms with Gasteiger partial charge < -0.3 is 10.6 Å². The monoisotopic (exact) mass is 351 g/mol. The van der Waals surface area contributed by atoms with Gasteiger partial charge >= 0.3 is 0 Å². The van der Waals surface area contributed by atoms with Gasteiger partial charge in [-0.25, -0.2) is 4.98 Å². The molecule has 0 saturated carbocycles. The summed E-state index contributed by atoms with van der Waals surface area (Å²) in [5, 5.41) is 6.32. The van der Waals surface area contributed by atoms with Gasteiger partial charge in [0.05, 0.1) is 21.8 Å². The second kappa shape index (κ2) is 7.72. The topological polar surface area (TPSA) is 71.1 Å². The number of anilines is 1. The van der Waals surface area contributed by atoms with Crippen LogP contribution in [-0.2, 0) is 9.59 Å². The average molecular weight is 351 g/mol. The molecule has 5 nitrogen and oxygen atoms in total. The third-order valence-electron chi connectivity index (χ3n) is 3.43. The van der Waals surface area contributed by atoms with Gasteiger partial charge in [0.15, 0.2) is 0 Å². The molecule has 3 rings (SSSR count). The van der Waals surface area contributed by atoms with Crippen LogP contribution in [0.3, 0.4) is 0 Å². The average Bonchev–Trinajstić information content (AvgIpc) is 2.98. The Kier molecular flexibility index (Phi) is 5.20. The lowest BCUT2D eigenvalue weighted by atomic mass is 10.2. The fourth-order valence-corrected chi connectivity index (χ4v) is 3.15. The highest BCUT2D eigenvalue weighted by atomic mass is 32.1. The van der Waals surface area contributed by atoms with E-state index in [-0.39, 0.29) is 18.4 Å². The molecule has 2 aromatic carbocycles. The molecule has 2 N–H and O–H groups in total. The van der Waals surface area contributed by atoms with E-state index >= 15 is 0 Å². The Morgan fingerprint density at radius 1 is 1.16 bits per heavy atom. The Bertz CT molecular complexity index is 932. The van der Waals surface area contributed by atoms with Crippen molar-refractivity contribution >= 4 is 45.1 Å². The minimum atomic E-state index is -0.312. The van der Waals surface area contributed by atoms with Crippen molar-refractivity contribution in [3.05, 3.63) is 65.2 Å². The summed E-state index contributed by atoms with van der Waals surface area (Å²) < 4.78 is 1.02. The first-order chi connectivity index (χ1) is 12.1. The van der Waals surface area contributed by atoms with Crippen LogP contribution in [0.2, 0.25) is 0 Å². The first-order valence-corrected chi connectivity index (χ1v) is 8.60. The summed E-state index contributed by atoms with van der Waals surface area (Å²) in [6.45, 7) is 1.86. The Morgan fingerprint density at radius 2 is 1.96 bits per heavy atom. The Morgan fingerprint density at radius 3 is 2.76 bits per heavy atom. The van der Waals surface area contributed by atoms with Crippen LogP contribution in [0.15, 0.2) is 54.6 Å². The van der Waals surface area contributed by atoms with Gasteiger partial charge in [-0.05, 0) is 36.8 Å². The number of amides is 2. The minimum Gasteiger partial charge on any atom is -0.343 e. The number of thiazole rings is 1. The number of hydrogen-bond acceptors (Lipinski definition) is 4. The predicted molar refractivity (Wildman–Crippen MR) is 101 cm³/mol. The summed E-state index contributed by atoms with van der Waals surface area (Å²) >= 11 is 1.57. The molecule has 0 aliphatic rings. The number of carbonyl (C=O) groups is 2. The van der Waals surface area contributed by atoms with Crippen LogP contribution in [0.5, 0.6) is 0 Å². The highest BCUT2D eigenvalue weighted by molar-refractivity contribution is 7.18. The van der Waals surface area contributed by atoms with E-state index in [0.29, 0.717) is 5.69 Å². The zero-order valence-electron chi connectivity index (χ0n) is 13.7. The summed E-state index contributed by atoms with van der Waals surface area (Å²) in [7, 11) is 0. The number of hydrogen-bond donors (Lipinski definition) is 2. The molecule has 0 saturated heterocycles. The Hall–Kier alpha value is -2.99. The van der Waals surface area contributed by atoms with Crippen molar-refractivity contribution in [1.82, 2.24) is 10.3 Å². The molecule has 2 amide bonds. The molecular formula is C19H17N3O2S. The highest BCUT2D eigenvalue weighted by Gasteiger charge is 2.06.